The fraction of sp³-hybridized carbons (Fsp3) is 0.310. The third-order valence-electron chi connectivity index (χ3n) is 6.09. The van der Waals surface area contributed by atoms with Gasteiger partial charge in [0.15, 0.2) is 0 Å². The lowest BCUT2D eigenvalue weighted by Gasteiger charge is -2.13. The Hall–Kier alpha value is -2.88. The highest BCUT2D eigenvalue weighted by molar-refractivity contribution is 8.26. The molecule has 4 rings (SSSR count). The van der Waals surface area contributed by atoms with Crippen LogP contribution < -0.4 is 0 Å². The zero-order valence-corrected chi connectivity index (χ0v) is 23.8. The Balaban J connectivity index is 1.57. The molecular formula is C29H31N3O3S3. The van der Waals surface area contributed by atoms with Crippen LogP contribution in [0.1, 0.15) is 51.0 Å². The molecule has 1 amide bonds. The summed E-state index contributed by atoms with van der Waals surface area (Å²) in [6.45, 7) is 2.69. The summed E-state index contributed by atoms with van der Waals surface area (Å²) in [7, 11) is 0. The summed E-state index contributed by atoms with van der Waals surface area (Å²) in [4.78, 5) is 27.4. The van der Waals surface area contributed by atoms with Crippen molar-refractivity contribution in [3.8, 4) is 16.9 Å². The predicted octanol–water partition coefficient (Wildman–Crippen LogP) is 7.28. The normalized spacial score (nSPS) is 14.6. The van der Waals surface area contributed by atoms with Crippen molar-refractivity contribution >= 4 is 58.0 Å². The van der Waals surface area contributed by atoms with Crippen LogP contribution in [0.5, 0.6) is 0 Å². The highest BCUT2D eigenvalue weighted by Crippen LogP contribution is 2.35. The fourth-order valence-corrected chi connectivity index (χ4v) is 6.33. The van der Waals surface area contributed by atoms with Gasteiger partial charge in [-0.3, -0.25) is 14.5 Å². The van der Waals surface area contributed by atoms with Crippen LogP contribution in [0.3, 0.4) is 0 Å². The Kier molecular flexibility index (Phi) is 10.2. The van der Waals surface area contributed by atoms with E-state index in [4.69, 9.17) is 22.4 Å². The molecule has 1 saturated heterocycles. The van der Waals surface area contributed by atoms with Crippen LogP contribution in [-0.2, 0) is 9.59 Å². The van der Waals surface area contributed by atoms with Crippen molar-refractivity contribution in [2.75, 3.05) is 12.3 Å². The van der Waals surface area contributed by atoms with E-state index in [0.717, 1.165) is 34.7 Å². The number of aromatic nitrogens is 2. The third-order valence-corrected chi connectivity index (χ3v) is 8.57. The summed E-state index contributed by atoms with van der Waals surface area (Å²) >= 11 is 8.67. The van der Waals surface area contributed by atoms with Crippen molar-refractivity contribution in [2.24, 2.45) is 0 Å². The molecule has 0 atom stereocenters. The van der Waals surface area contributed by atoms with Gasteiger partial charge in [-0.1, -0.05) is 74.1 Å². The first-order valence-electron chi connectivity index (χ1n) is 12.8. The monoisotopic (exact) mass is 565 g/mol. The number of aliphatic carboxylic acids is 1. The van der Waals surface area contributed by atoms with Gasteiger partial charge in [-0.25, -0.2) is 4.68 Å². The predicted molar refractivity (Wildman–Crippen MR) is 161 cm³/mol. The molecule has 0 spiro atoms. The standard InChI is InChI=1S/C29H31N3O3S3/c1-2-3-18-37-24-15-13-21(14-16-24)27-22(20-32(30-27)23-10-6-4-7-11-23)19-25-28(35)31(29(36)38-25)17-9-5-8-12-26(33)34/h4,6-7,10-11,13-16,19-20H,2-3,5,8-9,12,17-18H2,1H3,(H,33,34)/b25-19-. The van der Waals surface area contributed by atoms with E-state index in [1.54, 1.807) is 4.90 Å². The fourth-order valence-electron chi connectivity index (χ4n) is 4.03. The lowest BCUT2D eigenvalue weighted by Crippen LogP contribution is -2.29. The summed E-state index contributed by atoms with van der Waals surface area (Å²) in [6, 6.07) is 18.3. The number of para-hydroxylation sites is 1. The van der Waals surface area contributed by atoms with E-state index in [2.05, 4.69) is 31.2 Å². The zero-order valence-electron chi connectivity index (χ0n) is 21.3. The first kappa shape index (κ1) is 28.1. The van der Waals surface area contributed by atoms with E-state index in [0.29, 0.717) is 28.6 Å². The molecule has 6 nitrogen and oxygen atoms in total. The Morgan fingerprint density at radius 2 is 1.84 bits per heavy atom. The maximum absolute atomic E-state index is 13.2. The van der Waals surface area contributed by atoms with Crippen LogP contribution in [0.15, 0.2) is 70.6 Å². The van der Waals surface area contributed by atoms with E-state index in [9.17, 15) is 9.59 Å². The van der Waals surface area contributed by atoms with Gasteiger partial charge in [-0.2, -0.15) is 5.10 Å². The van der Waals surface area contributed by atoms with Crippen molar-refractivity contribution in [2.45, 2.75) is 50.3 Å². The Labute approximate surface area is 237 Å². The summed E-state index contributed by atoms with van der Waals surface area (Å²) in [6.07, 6.45) is 8.40. The van der Waals surface area contributed by atoms with E-state index in [1.807, 2.05) is 59.0 Å². The minimum atomic E-state index is -0.796. The first-order chi connectivity index (χ1) is 18.5. The summed E-state index contributed by atoms with van der Waals surface area (Å²) < 4.78 is 2.37. The Bertz CT molecular complexity index is 1300. The maximum Gasteiger partial charge on any atom is 0.303 e. The van der Waals surface area contributed by atoms with Gasteiger partial charge in [-0.05, 0) is 55.4 Å². The molecule has 1 aliphatic heterocycles. The molecule has 2 heterocycles. The highest BCUT2D eigenvalue weighted by atomic mass is 32.2. The lowest BCUT2D eigenvalue weighted by atomic mass is 10.1. The number of unbranched alkanes of at least 4 members (excludes halogenated alkanes) is 3. The van der Waals surface area contributed by atoms with Crippen LogP contribution in [0.2, 0.25) is 0 Å². The molecule has 3 aromatic rings. The number of nitrogens with zero attached hydrogens (tertiary/aromatic N) is 3. The van der Waals surface area contributed by atoms with E-state index >= 15 is 0 Å². The molecule has 0 radical (unpaired) electrons. The van der Waals surface area contributed by atoms with Gasteiger partial charge >= 0.3 is 5.97 Å². The largest absolute Gasteiger partial charge is 0.481 e. The van der Waals surface area contributed by atoms with Crippen LogP contribution in [0, 0.1) is 0 Å². The molecule has 2 aromatic carbocycles. The number of benzene rings is 2. The molecule has 1 fully saturated rings. The first-order valence-corrected chi connectivity index (χ1v) is 15.0. The van der Waals surface area contributed by atoms with Crippen LogP contribution in [0.25, 0.3) is 23.0 Å². The number of thioether (sulfide) groups is 2. The van der Waals surface area contributed by atoms with Crippen molar-refractivity contribution in [1.29, 1.82) is 0 Å². The van der Waals surface area contributed by atoms with Crippen molar-refractivity contribution in [1.82, 2.24) is 14.7 Å². The third kappa shape index (κ3) is 7.36. The summed E-state index contributed by atoms with van der Waals surface area (Å²) in [5.74, 6) is 0.195. The van der Waals surface area contributed by atoms with Gasteiger partial charge in [0.2, 0.25) is 0 Å². The van der Waals surface area contributed by atoms with Gasteiger partial charge < -0.3 is 5.11 Å². The van der Waals surface area contributed by atoms with E-state index in [1.165, 1.54) is 29.5 Å². The summed E-state index contributed by atoms with van der Waals surface area (Å²) in [5.41, 5.74) is 3.58. The molecule has 1 aromatic heterocycles. The number of carboxylic acid groups (broad SMARTS) is 1. The van der Waals surface area contributed by atoms with Gasteiger partial charge in [0.1, 0.15) is 4.32 Å². The second kappa shape index (κ2) is 13.8. The second-order valence-electron chi connectivity index (χ2n) is 8.98. The van der Waals surface area contributed by atoms with Crippen LogP contribution in [0.4, 0.5) is 0 Å². The molecular weight excluding hydrogens is 535 g/mol. The number of carbonyl (C=O) groups excluding carboxylic acids is 1. The molecule has 38 heavy (non-hydrogen) atoms. The molecule has 198 valence electrons. The Morgan fingerprint density at radius 3 is 2.55 bits per heavy atom. The van der Waals surface area contributed by atoms with Crippen LogP contribution in [-0.4, -0.2) is 48.3 Å². The van der Waals surface area contributed by atoms with Crippen molar-refractivity contribution in [3.05, 3.63) is 71.3 Å². The van der Waals surface area contributed by atoms with Crippen molar-refractivity contribution < 1.29 is 14.7 Å². The number of amides is 1. The maximum atomic E-state index is 13.2. The minimum Gasteiger partial charge on any atom is -0.481 e. The lowest BCUT2D eigenvalue weighted by molar-refractivity contribution is -0.137. The second-order valence-corrected chi connectivity index (χ2v) is 11.8. The molecule has 9 heteroatoms. The zero-order chi connectivity index (χ0) is 26.9. The molecule has 1 N–H and O–H groups in total. The van der Waals surface area contributed by atoms with Gasteiger partial charge in [0.05, 0.1) is 16.3 Å². The molecule has 0 saturated carbocycles. The Morgan fingerprint density at radius 1 is 1.08 bits per heavy atom. The number of hydrogen-bond acceptors (Lipinski definition) is 6. The average Bonchev–Trinajstić information content (AvgIpc) is 3.45. The van der Waals surface area contributed by atoms with Gasteiger partial charge in [0, 0.05) is 35.2 Å². The molecule has 1 aliphatic rings. The van der Waals surface area contributed by atoms with Gasteiger partial charge in [0.25, 0.3) is 5.91 Å². The minimum absolute atomic E-state index is 0.112. The topological polar surface area (TPSA) is 75.4 Å². The quantitative estimate of drug-likeness (QED) is 0.101. The molecule has 0 aliphatic carbocycles. The number of carbonyl (C=O) groups is 2. The van der Waals surface area contributed by atoms with E-state index < -0.39 is 5.97 Å². The van der Waals surface area contributed by atoms with Crippen LogP contribution >= 0.6 is 35.7 Å². The molecule has 0 unspecified atom stereocenters. The average molecular weight is 566 g/mol. The number of carboxylic acids is 1. The number of thiocarbonyl (C=S) groups is 1. The number of rotatable bonds is 13. The SMILES string of the molecule is CCCCSc1ccc(-c2nn(-c3ccccc3)cc2/C=C2\SC(=S)N(CCCCCC(=O)O)C2=O)cc1. The van der Waals surface area contributed by atoms with Crippen molar-refractivity contribution in [3.63, 3.8) is 0 Å². The number of hydrogen-bond donors (Lipinski definition) is 1. The smallest absolute Gasteiger partial charge is 0.303 e. The molecule has 0 bridgehead atoms. The summed E-state index contributed by atoms with van der Waals surface area (Å²) in [5, 5.41) is 13.7. The highest BCUT2D eigenvalue weighted by Gasteiger charge is 2.32. The van der Waals surface area contributed by atoms with Gasteiger partial charge in [-0.15, -0.1) is 11.8 Å². The van der Waals surface area contributed by atoms with E-state index in [-0.39, 0.29) is 12.3 Å².